The summed E-state index contributed by atoms with van der Waals surface area (Å²) in [6.07, 6.45) is -1.11. The summed E-state index contributed by atoms with van der Waals surface area (Å²) in [4.78, 5) is 10.7. The SMILES string of the molecule is CC(=O)NCC(CO)OCC(C)OCC(C)O. The third kappa shape index (κ3) is 10.2. The van der Waals surface area contributed by atoms with Crippen LogP contribution in [0.5, 0.6) is 0 Å². The van der Waals surface area contributed by atoms with Gasteiger partial charge in [0.15, 0.2) is 0 Å². The molecule has 0 aromatic heterocycles. The summed E-state index contributed by atoms with van der Waals surface area (Å²) in [5, 5.41) is 20.6. The van der Waals surface area contributed by atoms with Gasteiger partial charge in [0.05, 0.1) is 38.1 Å². The summed E-state index contributed by atoms with van der Waals surface area (Å²) in [5.41, 5.74) is 0. The first-order valence-corrected chi connectivity index (χ1v) is 5.72. The molecule has 0 aliphatic carbocycles. The van der Waals surface area contributed by atoms with Crippen molar-refractivity contribution in [3.8, 4) is 0 Å². The first kappa shape index (κ1) is 16.3. The molecule has 0 aliphatic heterocycles. The molecule has 102 valence electrons. The zero-order valence-electron chi connectivity index (χ0n) is 10.7. The average Bonchev–Trinajstić information content (AvgIpc) is 2.26. The molecule has 3 N–H and O–H groups in total. The topological polar surface area (TPSA) is 88.0 Å². The van der Waals surface area contributed by atoms with Gasteiger partial charge in [-0.25, -0.2) is 0 Å². The molecule has 0 saturated heterocycles. The van der Waals surface area contributed by atoms with Crippen molar-refractivity contribution in [1.29, 1.82) is 0 Å². The Balaban J connectivity index is 3.69. The van der Waals surface area contributed by atoms with Crippen molar-refractivity contribution in [3.63, 3.8) is 0 Å². The van der Waals surface area contributed by atoms with Gasteiger partial charge in [-0.2, -0.15) is 0 Å². The average molecular weight is 249 g/mol. The van der Waals surface area contributed by atoms with Crippen LogP contribution in [0.3, 0.4) is 0 Å². The van der Waals surface area contributed by atoms with Crippen molar-refractivity contribution < 1.29 is 24.5 Å². The molecule has 0 fully saturated rings. The van der Waals surface area contributed by atoms with Crippen LogP contribution < -0.4 is 5.32 Å². The maximum absolute atomic E-state index is 10.7. The van der Waals surface area contributed by atoms with Gasteiger partial charge in [-0.15, -0.1) is 0 Å². The number of aliphatic hydroxyl groups is 2. The Hall–Kier alpha value is -0.690. The highest BCUT2D eigenvalue weighted by Crippen LogP contribution is 1.97. The Kier molecular flexibility index (Phi) is 8.97. The summed E-state index contributed by atoms with van der Waals surface area (Å²) in [6, 6.07) is 0. The van der Waals surface area contributed by atoms with Gasteiger partial charge in [-0.05, 0) is 13.8 Å². The number of amides is 1. The number of carbonyl (C=O) groups excluding carboxylic acids is 1. The molecule has 0 bridgehead atoms. The maximum Gasteiger partial charge on any atom is 0.216 e. The predicted octanol–water partition coefficient (Wildman–Crippen LogP) is -0.714. The van der Waals surface area contributed by atoms with Crippen molar-refractivity contribution >= 4 is 5.91 Å². The highest BCUT2D eigenvalue weighted by atomic mass is 16.5. The van der Waals surface area contributed by atoms with E-state index in [0.29, 0.717) is 6.61 Å². The number of hydrogen-bond donors (Lipinski definition) is 3. The Morgan fingerprint density at radius 3 is 2.41 bits per heavy atom. The fourth-order valence-electron chi connectivity index (χ4n) is 1.06. The monoisotopic (exact) mass is 249 g/mol. The summed E-state index contributed by atoms with van der Waals surface area (Å²) in [6.45, 7) is 5.52. The lowest BCUT2D eigenvalue weighted by molar-refractivity contribution is -0.120. The van der Waals surface area contributed by atoms with E-state index in [1.165, 1.54) is 6.92 Å². The van der Waals surface area contributed by atoms with Crippen LogP contribution in [0.15, 0.2) is 0 Å². The molecule has 3 unspecified atom stereocenters. The molecule has 3 atom stereocenters. The second-order valence-corrected chi connectivity index (χ2v) is 4.07. The highest BCUT2D eigenvalue weighted by molar-refractivity contribution is 5.72. The largest absolute Gasteiger partial charge is 0.394 e. The van der Waals surface area contributed by atoms with Gasteiger partial charge >= 0.3 is 0 Å². The standard InChI is InChI=1S/C11H23NO5/c1-8(14)6-16-9(2)7-17-11(5-13)4-12-10(3)15/h8-9,11,13-14H,4-7H2,1-3H3,(H,12,15). The quantitative estimate of drug-likeness (QED) is 0.502. The molecule has 0 aromatic carbocycles. The number of hydrogen-bond acceptors (Lipinski definition) is 5. The van der Waals surface area contributed by atoms with Gasteiger partial charge in [0, 0.05) is 13.5 Å². The normalized spacial score (nSPS) is 16.3. The molecule has 0 aliphatic rings. The van der Waals surface area contributed by atoms with Crippen molar-refractivity contribution in [2.24, 2.45) is 0 Å². The van der Waals surface area contributed by atoms with E-state index in [0.717, 1.165) is 0 Å². The number of rotatable bonds is 9. The van der Waals surface area contributed by atoms with Crippen LogP contribution in [0.4, 0.5) is 0 Å². The van der Waals surface area contributed by atoms with Crippen LogP contribution in [0, 0.1) is 0 Å². The van der Waals surface area contributed by atoms with Crippen LogP contribution >= 0.6 is 0 Å². The Labute approximate surface area is 102 Å². The second-order valence-electron chi connectivity index (χ2n) is 4.07. The van der Waals surface area contributed by atoms with Crippen molar-refractivity contribution in [1.82, 2.24) is 5.32 Å². The highest BCUT2D eigenvalue weighted by Gasteiger charge is 2.11. The number of carbonyl (C=O) groups is 1. The van der Waals surface area contributed by atoms with E-state index >= 15 is 0 Å². The summed E-state index contributed by atoms with van der Waals surface area (Å²) in [7, 11) is 0. The molecule has 0 radical (unpaired) electrons. The number of nitrogens with one attached hydrogen (secondary N) is 1. The minimum absolute atomic E-state index is 0.162. The molecular weight excluding hydrogens is 226 g/mol. The minimum atomic E-state index is -0.509. The maximum atomic E-state index is 10.7. The molecule has 0 spiro atoms. The first-order chi connectivity index (χ1) is 7.95. The van der Waals surface area contributed by atoms with E-state index in [9.17, 15) is 4.79 Å². The van der Waals surface area contributed by atoms with Crippen LogP contribution in [0.1, 0.15) is 20.8 Å². The fourth-order valence-corrected chi connectivity index (χ4v) is 1.06. The van der Waals surface area contributed by atoms with Crippen LogP contribution in [0.25, 0.3) is 0 Å². The van der Waals surface area contributed by atoms with Crippen molar-refractivity contribution in [2.75, 3.05) is 26.4 Å². The van der Waals surface area contributed by atoms with Gasteiger partial charge in [0.25, 0.3) is 0 Å². The number of aliphatic hydroxyl groups excluding tert-OH is 2. The van der Waals surface area contributed by atoms with E-state index < -0.39 is 12.2 Å². The molecule has 0 heterocycles. The Bertz CT molecular complexity index is 210. The van der Waals surface area contributed by atoms with Crippen LogP contribution in [-0.4, -0.2) is 60.8 Å². The zero-order valence-corrected chi connectivity index (χ0v) is 10.7. The molecule has 0 aromatic rings. The van der Waals surface area contributed by atoms with Crippen molar-refractivity contribution in [2.45, 2.75) is 39.1 Å². The lowest BCUT2D eigenvalue weighted by atomic mass is 10.3. The zero-order chi connectivity index (χ0) is 13.3. The van der Waals surface area contributed by atoms with Gasteiger partial charge in [-0.3, -0.25) is 4.79 Å². The third-order valence-electron chi connectivity index (χ3n) is 1.97. The van der Waals surface area contributed by atoms with E-state index in [1.807, 2.05) is 6.92 Å². The Morgan fingerprint density at radius 1 is 1.29 bits per heavy atom. The van der Waals surface area contributed by atoms with Crippen LogP contribution in [0.2, 0.25) is 0 Å². The molecule has 1 amide bonds. The predicted molar refractivity (Wildman–Crippen MR) is 62.6 cm³/mol. The van der Waals surface area contributed by atoms with Crippen molar-refractivity contribution in [3.05, 3.63) is 0 Å². The molecule has 6 nitrogen and oxygen atoms in total. The van der Waals surface area contributed by atoms with Gasteiger partial charge < -0.3 is 25.0 Å². The first-order valence-electron chi connectivity index (χ1n) is 5.72. The van der Waals surface area contributed by atoms with E-state index in [-0.39, 0.29) is 31.8 Å². The second kappa shape index (κ2) is 9.35. The Morgan fingerprint density at radius 2 is 1.94 bits per heavy atom. The molecule has 17 heavy (non-hydrogen) atoms. The van der Waals surface area contributed by atoms with Gasteiger partial charge in [0.1, 0.15) is 0 Å². The minimum Gasteiger partial charge on any atom is -0.394 e. The van der Waals surface area contributed by atoms with E-state index in [2.05, 4.69) is 5.32 Å². The molecular formula is C11H23NO5. The van der Waals surface area contributed by atoms with Gasteiger partial charge in [0.2, 0.25) is 5.91 Å². The van der Waals surface area contributed by atoms with E-state index in [1.54, 1.807) is 6.92 Å². The molecule has 0 rings (SSSR count). The summed E-state index contributed by atoms with van der Waals surface area (Å²) < 4.78 is 10.6. The smallest absolute Gasteiger partial charge is 0.216 e. The fraction of sp³-hybridized carbons (Fsp3) is 0.909. The third-order valence-corrected chi connectivity index (χ3v) is 1.97. The number of ether oxygens (including phenoxy) is 2. The lowest BCUT2D eigenvalue weighted by Crippen LogP contribution is -2.36. The summed E-state index contributed by atoms with van der Waals surface area (Å²) in [5.74, 6) is -0.162. The molecule has 0 saturated carbocycles. The van der Waals surface area contributed by atoms with Crippen LogP contribution in [-0.2, 0) is 14.3 Å². The summed E-state index contributed by atoms with van der Waals surface area (Å²) >= 11 is 0. The van der Waals surface area contributed by atoms with E-state index in [4.69, 9.17) is 19.7 Å². The molecule has 6 heteroatoms. The lowest BCUT2D eigenvalue weighted by Gasteiger charge is -2.19. The van der Waals surface area contributed by atoms with Gasteiger partial charge in [-0.1, -0.05) is 0 Å².